The first-order valence-corrected chi connectivity index (χ1v) is 7.68. The van der Waals surface area contributed by atoms with Crippen molar-refractivity contribution >= 4 is 5.69 Å². The van der Waals surface area contributed by atoms with Gasteiger partial charge in [-0.05, 0) is 37.5 Å². The Hall–Kier alpha value is -1.06. The van der Waals surface area contributed by atoms with Gasteiger partial charge < -0.3 is 15.0 Å². The molecule has 0 fully saturated rings. The predicted octanol–water partition coefficient (Wildman–Crippen LogP) is 3.29. The minimum Gasteiger partial charge on any atom is -0.383 e. The summed E-state index contributed by atoms with van der Waals surface area (Å²) in [6, 6.07) is 9.26. The summed E-state index contributed by atoms with van der Waals surface area (Å²) in [5.74, 6) is 0.574. The topological polar surface area (TPSA) is 24.5 Å². The summed E-state index contributed by atoms with van der Waals surface area (Å²) in [5, 5.41) is 3.57. The molecule has 114 valence electrons. The van der Waals surface area contributed by atoms with Crippen molar-refractivity contribution in [3.05, 3.63) is 29.8 Å². The van der Waals surface area contributed by atoms with E-state index in [4.69, 9.17) is 4.74 Å². The molecule has 0 aliphatic heterocycles. The molecule has 1 N–H and O–H groups in total. The average molecular weight is 278 g/mol. The van der Waals surface area contributed by atoms with Gasteiger partial charge in [-0.25, -0.2) is 0 Å². The van der Waals surface area contributed by atoms with Gasteiger partial charge in [0.1, 0.15) is 0 Å². The lowest BCUT2D eigenvalue weighted by Crippen LogP contribution is -2.37. The number of nitrogens with zero attached hydrogens (tertiary/aromatic N) is 1. The third-order valence-electron chi connectivity index (χ3n) is 3.78. The van der Waals surface area contributed by atoms with Crippen molar-refractivity contribution in [3.8, 4) is 0 Å². The smallest absolute Gasteiger partial charge is 0.0618 e. The van der Waals surface area contributed by atoms with Gasteiger partial charge in [0.15, 0.2) is 0 Å². The van der Waals surface area contributed by atoms with Crippen LogP contribution in [0.25, 0.3) is 0 Å². The molecule has 0 heterocycles. The van der Waals surface area contributed by atoms with Crippen LogP contribution in [0.15, 0.2) is 24.3 Å². The summed E-state index contributed by atoms with van der Waals surface area (Å²) in [4.78, 5) is 2.36. The molecule has 0 amide bonds. The van der Waals surface area contributed by atoms with Crippen molar-refractivity contribution in [2.24, 2.45) is 5.92 Å². The lowest BCUT2D eigenvalue weighted by molar-refractivity contribution is 0.146. The van der Waals surface area contributed by atoms with Crippen LogP contribution >= 0.6 is 0 Å². The molecule has 1 rings (SSSR count). The Kier molecular flexibility index (Phi) is 7.63. The molecule has 1 unspecified atom stereocenters. The lowest BCUT2D eigenvalue weighted by Gasteiger charge is -2.23. The third-order valence-corrected chi connectivity index (χ3v) is 3.78. The van der Waals surface area contributed by atoms with Gasteiger partial charge in [0, 0.05) is 38.5 Å². The zero-order chi connectivity index (χ0) is 15.0. The molecule has 1 aromatic rings. The van der Waals surface area contributed by atoms with Gasteiger partial charge in [0.25, 0.3) is 0 Å². The first-order valence-electron chi connectivity index (χ1n) is 7.68. The van der Waals surface area contributed by atoms with Crippen LogP contribution in [-0.4, -0.2) is 32.8 Å². The van der Waals surface area contributed by atoms with Crippen LogP contribution in [0.3, 0.4) is 0 Å². The largest absolute Gasteiger partial charge is 0.383 e. The summed E-state index contributed by atoms with van der Waals surface area (Å²) in [7, 11) is 1.76. The van der Waals surface area contributed by atoms with Crippen molar-refractivity contribution in [1.82, 2.24) is 5.32 Å². The lowest BCUT2D eigenvalue weighted by atomic mass is 10.0. The van der Waals surface area contributed by atoms with E-state index in [1.807, 2.05) is 0 Å². The molecule has 0 saturated heterocycles. The number of methoxy groups -OCH3 is 1. The van der Waals surface area contributed by atoms with E-state index < -0.39 is 0 Å². The molecule has 0 aromatic heterocycles. The second-order valence-corrected chi connectivity index (χ2v) is 5.53. The minimum absolute atomic E-state index is 0.405. The summed E-state index contributed by atoms with van der Waals surface area (Å²) in [6.07, 6.45) is 0. The SMILES string of the molecule is CCN(CC)c1ccc(CNC(COC)C(C)C)cc1. The van der Waals surface area contributed by atoms with Crippen molar-refractivity contribution in [1.29, 1.82) is 0 Å². The van der Waals surface area contributed by atoms with E-state index in [-0.39, 0.29) is 0 Å². The minimum atomic E-state index is 0.405. The van der Waals surface area contributed by atoms with E-state index in [0.29, 0.717) is 12.0 Å². The molecule has 0 radical (unpaired) electrons. The molecular weight excluding hydrogens is 248 g/mol. The van der Waals surface area contributed by atoms with E-state index in [2.05, 4.69) is 62.2 Å². The molecule has 0 aliphatic carbocycles. The van der Waals surface area contributed by atoms with E-state index in [1.165, 1.54) is 11.3 Å². The van der Waals surface area contributed by atoms with Gasteiger partial charge in [0.2, 0.25) is 0 Å². The highest BCUT2D eigenvalue weighted by atomic mass is 16.5. The Morgan fingerprint density at radius 3 is 2.15 bits per heavy atom. The fourth-order valence-electron chi connectivity index (χ4n) is 2.33. The normalized spacial score (nSPS) is 12.7. The highest BCUT2D eigenvalue weighted by Crippen LogP contribution is 2.15. The Morgan fingerprint density at radius 1 is 1.10 bits per heavy atom. The molecule has 0 spiro atoms. The maximum absolute atomic E-state index is 5.26. The molecule has 0 bridgehead atoms. The molecule has 3 heteroatoms. The third kappa shape index (κ3) is 5.14. The second kappa shape index (κ2) is 8.98. The number of nitrogens with one attached hydrogen (secondary N) is 1. The van der Waals surface area contributed by atoms with E-state index in [0.717, 1.165) is 26.2 Å². The zero-order valence-corrected chi connectivity index (χ0v) is 13.6. The number of hydrogen-bond donors (Lipinski definition) is 1. The second-order valence-electron chi connectivity index (χ2n) is 5.53. The summed E-state index contributed by atoms with van der Waals surface area (Å²) in [6.45, 7) is 12.6. The van der Waals surface area contributed by atoms with Crippen LogP contribution in [0.2, 0.25) is 0 Å². The van der Waals surface area contributed by atoms with Crippen LogP contribution in [0.4, 0.5) is 5.69 Å². The Balaban J connectivity index is 2.56. The van der Waals surface area contributed by atoms with Crippen molar-refractivity contribution in [2.45, 2.75) is 40.3 Å². The zero-order valence-electron chi connectivity index (χ0n) is 13.6. The first-order chi connectivity index (χ1) is 9.62. The molecule has 0 aliphatic rings. The molecule has 1 aromatic carbocycles. The predicted molar refractivity (Wildman–Crippen MR) is 87.3 cm³/mol. The monoisotopic (exact) mass is 278 g/mol. The van der Waals surface area contributed by atoms with Crippen LogP contribution in [-0.2, 0) is 11.3 Å². The molecule has 3 nitrogen and oxygen atoms in total. The first kappa shape index (κ1) is 17.0. The van der Waals surface area contributed by atoms with Gasteiger partial charge in [-0.2, -0.15) is 0 Å². The van der Waals surface area contributed by atoms with Crippen molar-refractivity contribution in [3.63, 3.8) is 0 Å². The van der Waals surface area contributed by atoms with Crippen LogP contribution in [0.5, 0.6) is 0 Å². The number of rotatable bonds is 9. The van der Waals surface area contributed by atoms with Crippen LogP contribution < -0.4 is 10.2 Å². The Labute approximate surface area is 124 Å². The fraction of sp³-hybridized carbons (Fsp3) is 0.647. The van der Waals surface area contributed by atoms with Gasteiger partial charge in [-0.3, -0.25) is 0 Å². The number of hydrogen-bond acceptors (Lipinski definition) is 3. The molecule has 1 atom stereocenters. The highest BCUT2D eigenvalue weighted by molar-refractivity contribution is 5.47. The Bertz CT molecular complexity index is 358. The van der Waals surface area contributed by atoms with Crippen LogP contribution in [0.1, 0.15) is 33.3 Å². The standard InChI is InChI=1S/C17H30N2O/c1-6-19(7-2)16-10-8-15(9-11-16)12-18-17(13-20-5)14(3)4/h8-11,14,17-18H,6-7,12-13H2,1-5H3. The number of anilines is 1. The molecular formula is C17H30N2O. The van der Waals surface area contributed by atoms with E-state index >= 15 is 0 Å². The fourth-order valence-corrected chi connectivity index (χ4v) is 2.33. The van der Waals surface area contributed by atoms with Crippen molar-refractivity contribution in [2.75, 3.05) is 31.7 Å². The van der Waals surface area contributed by atoms with E-state index in [9.17, 15) is 0 Å². The number of benzene rings is 1. The van der Waals surface area contributed by atoms with Gasteiger partial charge >= 0.3 is 0 Å². The summed E-state index contributed by atoms with van der Waals surface area (Å²) in [5.41, 5.74) is 2.62. The Morgan fingerprint density at radius 2 is 1.70 bits per heavy atom. The molecule has 0 saturated carbocycles. The molecule has 20 heavy (non-hydrogen) atoms. The van der Waals surface area contributed by atoms with Gasteiger partial charge in [-0.1, -0.05) is 26.0 Å². The van der Waals surface area contributed by atoms with Crippen molar-refractivity contribution < 1.29 is 4.74 Å². The van der Waals surface area contributed by atoms with Crippen LogP contribution in [0, 0.1) is 5.92 Å². The summed E-state index contributed by atoms with van der Waals surface area (Å²) < 4.78 is 5.26. The average Bonchev–Trinajstić information content (AvgIpc) is 2.46. The quantitative estimate of drug-likeness (QED) is 0.750. The maximum atomic E-state index is 5.26. The van der Waals surface area contributed by atoms with Gasteiger partial charge in [0.05, 0.1) is 6.61 Å². The highest BCUT2D eigenvalue weighted by Gasteiger charge is 2.12. The van der Waals surface area contributed by atoms with E-state index in [1.54, 1.807) is 7.11 Å². The van der Waals surface area contributed by atoms with Gasteiger partial charge in [-0.15, -0.1) is 0 Å². The maximum Gasteiger partial charge on any atom is 0.0618 e. The number of ether oxygens (including phenoxy) is 1. The summed E-state index contributed by atoms with van der Waals surface area (Å²) >= 11 is 0.